The maximum atomic E-state index is 13.2. The summed E-state index contributed by atoms with van der Waals surface area (Å²) in [5, 5.41) is 11.7. The van der Waals surface area contributed by atoms with Gasteiger partial charge in [0.1, 0.15) is 5.82 Å². The van der Waals surface area contributed by atoms with Crippen molar-refractivity contribution < 1.29 is 28.6 Å². The van der Waals surface area contributed by atoms with Gasteiger partial charge in [-0.25, -0.2) is 9.18 Å². The number of nitrogens with one attached hydrogen (secondary N) is 1. The summed E-state index contributed by atoms with van der Waals surface area (Å²) in [6.07, 6.45) is 0.813. The topological polar surface area (TPSA) is 84.9 Å². The third-order valence-corrected chi connectivity index (χ3v) is 4.11. The molecular weight excluding hydrogens is 305 g/mol. The molecule has 1 amide bonds. The molecule has 6 nitrogen and oxygen atoms in total. The van der Waals surface area contributed by atoms with Gasteiger partial charge in [-0.1, -0.05) is 12.1 Å². The molecule has 0 aromatic heterocycles. The molecule has 1 aromatic rings. The number of benzene rings is 1. The molecule has 1 unspecified atom stereocenters. The fraction of sp³-hybridized carbons (Fsp3) is 0.500. The van der Waals surface area contributed by atoms with Crippen LogP contribution in [0.2, 0.25) is 0 Å². The summed E-state index contributed by atoms with van der Waals surface area (Å²) in [4.78, 5) is 24.0. The van der Waals surface area contributed by atoms with Crippen LogP contribution in [0.25, 0.3) is 0 Å². The Hall–Kier alpha value is -1.99. The fourth-order valence-corrected chi connectivity index (χ4v) is 2.77. The first kappa shape index (κ1) is 17.4. The monoisotopic (exact) mass is 325 g/mol. The smallest absolute Gasteiger partial charge is 0.328 e. The quantitative estimate of drug-likeness (QED) is 0.818. The minimum Gasteiger partial charge on any atom is -0.480 e. The SMILES string of the molecule is COCC(NC(=O)C1(c2ccc(F)cc2)CCOCC1)C(=O)O. The van der Waals surface area contributed by atoms with Crippen molar-refractivity contribution in [2.45, 2.75) is 24.3 Å². The van der Waals surface area contributed by atoms with Gasteiger partial charge in [-0.15, -0.1) is 0 Å². The third kappa shape index (κ3) is 3.86. The summed E-state index contributed by atoms with van der Waals surface area (Å²) in [7, 11) is 1.37. The number of aliphatic carboxylic acids is 1. The van der Waals surface area contributed by atoms with E-state index in [0.717, 1.165) is 0 Å². The van der Waals surface area contributed by atoms with Crippen molar-refractivity contribution in [1.29, 1.82) is 0 Å². The molecule has 1 atom stereocenters. The van der Waals surface area contributed by atoms with Gasteiger partial charge in [-0.3, -0.25) is 4.79 Å². The second-order valence-corrected chi connectivity index (χ2v) is 5.52. The van der Waals surface area contributed by atoms with Gasteiger partial charge in [0.2, 0.25) is 5.91 Å². The van der Waals surface area contributed by atoms with Crippen molar-refractivity contribution >= 4 is 11.9 Å². The molecule has 1 fully saturated rings. The molecule has 2 rings (SSSR count). The third-order valence-electron chi connectivity index (χ3n) is 4.11. The normalized spacial score (nSPS) is 18.2. The highest BCUT2D eigenvalue weighted by molar-refractivity contribution is 5.91. The lowest BCUT2D eigenvalue weighted by Crippen LogP contribution is -2.54. The number of halogens is 1. The summed E-state index contributed by atoms with van der Waals surface area (Å²) in [6.45, 7) is 0.636. The highest BCUT2D eigenvalue weighted by Crippen LogP contribution is 2.35. The summed E-state index contributed by atoms with van der Waals surface area (Å²) in [5.41, 5.74) is -0.269. The Labute approximate surface area is 133 Å². The number of rotatable bonds is 6. The molecule has 7 heteroatoms. The Morgan fingerprint density at radius 3 is 2.48 bits per heavy atom. The van der Waals surface area contributed by atoms with Gasteiger partial charge in [0.15, 0.2) is 6.04 Å². The highest BCUT2D eigenvalue weighted by Gasteiger charge is 2.43. The maximum absolute atomic E-state index is 13.2. The lowest BCUT2D eigenvalue weighted by atomic mass is 9.73. The van der Waals surface area contributed by atoms with Crippen LogP contribution in [0, 0.1) is 5.82 Å². The summed E-state index contributed by atoms with van der Waals surface area (Å²) in [6, 6.07) is 4.58. The number of hydrogen-bond donors (Lipinski definition) is 2. The molecule has 1 heterocycles. The van der Waals surface area contributed by atoms with Gasteiger partial charge in [-0.05, 0) is 30.5 Å². The minimum absolute atomic E-state index is 0.128. The number of methoxy groups -OCH3 is 1. The van der Waals surface area contributed by atoms with Gasteiger partial charge >= 0.3 is 5.97 Å². The predicted octanol–water partition coefficient (Wildman–Crippen LogP) is 1.09. The van der Waals surface area contributed by atoms with E-state index in [-0.39, 0.29) is 12.4 Å². The van der Waals surface area contributed by atoms with Gasteiger partial charge in [0.05, 0.1) is 12.0 Å². The zero-order chi connectivity index (χ0) is 16.9. The molecule has 2 N–H and O–H groups in total. The highest BCUT2D eigenvalue weighted by atomic mass is 19.1. The Bertz CT molecular complexity index is 554. The van der Waals surface area contributed by atoms with Crippen LogP contribution in [-0.2, 0) is 24.5 Å². The van der Waals surface area contributed by atoms with Crippen molar-refractivity contribution in [3.63, 3.8) is 0 Å². The molecule has 0 saturated carbocycles. The van der Waals surface area contributed by atoms with Crippen molar-refractivity contribution in [1.82, 2.24) is 5.32 Å². The average Bonchev–Trinajstić information content (AvgIpc) is 2.55. The van der Waals surface area contributed by atoms with Gasteiger partial charge in [0.25, 0.3) is 0 Å². The second kappa shape index (κ2) is 7.52. The van der Waals surface area contributed by atoms with Crippen LogP contribution in [0.1, 0.15) is 18.4 Å². The van der Waals surface area contributed by atoms with E-state index in [2.05, 4.69) is 5.32 Å². The van der Waals surface area contributed by atoms with Crippen molar-refractivity contribution in [2.24, 2.45) is 0 Å². The zero-order valence-electron chi connectivity index (χ0n) is 12.9. The van der Waals surface area contributed by atoms with Crippen molar-refractivity contribution in [2.75, 3.05) is 26.9 Å². The molecule has 0 aliphatic carbocycles. The molecular formula is C16H20FNO5. The molecule has 0 bridgehead atoms. The predicted molar refractivity (Wildman–Crippen MR) is 79.6 cm³/mol. The summed E-state index contributed by atoms with van der Waals surface area (Å²) >= 11 is 0. The van der Waals surface area contributed by atoms with Crippen LogP contribution in [0.4, 0.5) is 4.39 Å². The van der Waals surface area contributed by atoms with E-state index < -0.39 is 23.3 Å². The standard InChI is InChI=1S/C16H20FNO5/c1-22-10-13(14(19)20)18-15(21)16(6-8-23-9-7-16)11-2-4-12(17)5-3-11/h2-5,13H,6-10H2,1H3,(H,18,21)(H,19,20). The number of ether oxygens (including phenoxy) is 2. The van der Waals surface area contributed by atoms with Crippen LogP contribution >= 0.6 is 0 Å². The number of hydrogen-bond acceptors (Lipinski definition) is 4. The van der Waals surface area contributed by atoms with Crippen LogP contribution < -0.4 is 5.32 Å². The summed E-state index contributed by atoms with van der Waals surface area (Å²) in [5.74, 6) is -1.96. The number of carboxylic acid groups (broad SMARTS) is 1. The van der Waals surface area contributed by atoms with E-state index in [0.29, 0.717) is 31.6 Å². The Morgan fingerprint density at radius 2 is 1.96 bits per heavy atom. The van der Waals surface area contributed by atoms with Gasteiger partial charge in [-0.2, -0.15) is 0 Å². The fourth-order valence-electron chi connectivity index (χ4n) is 2.77. The molecule has 1 aliphatic heterocycles. The second-order valence-electron chi connectivity index (χ2n) is 5.52. The first-order valence-corrected chi connectivity index (χ1v) is 7.36. The molecule has 23 heavy (non-hydrogen) atoms. The molecule has 126 valence electrons. The number of amides is 1. The Balaban J connectivity index is 2.28. The zero-order valence-corrected chi connectivity index (χ0v) is 12.9. The van der Waals surface area contributed by atoms with Crippen molar-refractivity contribution in [3.8, 4) is 0 Å². The molecule has 1 saturated heterocycles. The first-order chi connectivity index (χ1) is 11.0. The average molecular weight is 325 g/mol. The largest absolute Gasteiger partial charge is 0.480 e. The van der Waals surface area contributed by atoms with Crippen LogP contribution in [0.3, 0.4) is 0 Å². The summed E-state index contributed by atoms with van der Waals surface area (Å²) < 4.78 is 23.3. The van der Waals surface area contributed by atoms with Gasteiger partial charge in [0, 0.05) is 20.3 Å². The number of carbonyl (C=O) groups excluding carboxylic acids is 1. The first-order valence-electron chi connectivity index (χ1n) is 7.36. The Morgan fingerprint density at radius 1 is 1.35 bits per heavy atom. The molecule has 0 spiro atoms. The van der Waals surface area contributed by atoms with E-state index in [1.807, 2.05) is 0 Å². The number of carbonyl (C=O) groups is 2. The van der Waals surface area contributed by atoms with Crippen molar-refractivity contribution in [3.05, 3.63) is 35.6 Å². The van der Waals surface area contributed by atoms with E-state index in [1.54, 1.807) is 12.1 Å². The lowest BCUT2D eigenvalue weighted by molar-refractivity contribution is -0.145. The van der Waals surface area contributed by atoms with E-state index in [1.165, 1.54) is 19.2 Å². The molecule has 1 aromatic carbocycles. The maximum Gasteiger partial charge on any atom is 0.328 e. The minimum atomic E-state index is -1.17. The van der Waals surface area contributed by atoms with Crippen LogP contribution in [-0.4, -0.2) is 50.0 Å². The molecule has 0 radical (unpaired) electrons. The van der Waals surface area contributed by atoms with Crippen LogP contribution in [0.15, 0.2) is 24.3 Å². The molecule has 1 aliphatic rings. The number of carboxylic acids is 1. The van der Waals surface area contributed by atoms with E-state index in [4.69, 9.17) is 9.47 Å². The van der Waals surface area contributed by atoms with E-state index >= 15 is 0 Å². The van der Waals surface area contributed by atoms with Gasteiger partial charge < -0.3 is 19.9 Å². The Kier molecular flexibility index (Phi) is 5.68. The van der Waals surface area contributed by atoms with Crippen LogP contribution in [0.5, 0.6) is 0 Å². The lowest BCUT2D eigenvalue weighted by Gasteiger charge is -2.37. The van der Waals surface area contributed by atoms with E-state index in [9.17, 15) is 19.1 Å².